The molecule has 152 valence electrons. The van der Waals surface area contributed by atoms with E-state index in [2.05, 4.69) is 10.6 Å². The highest BCUT2D eigenvalue weighted by molar-refractivity contribution is 6.09. The van der Waals surface area contributed by atoms with Crippen molar-refractivity contribution in [3.63, 3.8) is 0 Å². The average Bonchev–Trinajstić information content (AvgIpc) is 2.98. The van der Waals surface area contributed by atoms with Crippen LogP contribution in [0.1, 0.15) is 49.4 Å². The smallest absolute Gasteiger partial charge is 0.325 e. The number of benzene rings is 2. The molecule has 6 nitrogen and oxygen atoms in total. The summed E-state index contributed by atoms with van der Waals surface area (Å²) in [6.45, 7) is 5.41. The Labute approximate surface area is 171 Å². The highest BCUT2D eigenvalue weighted by atomic mass is 16.2. The van der Waals surface area contributed by atoms with E-state index in [9.17, 15) is 14.4 Å². The minimum absolute atomic E-state index is 0.304. The zero-order valence-electron chi connectivity index (χ0n) is 17.1. The highest BCUT2D eigenvalue weighted by Gasteiger charge is 2.49. The summed E-state index contributed by atoms with van der Waals surface area (Å²) in [7, 11) is 0. The van der Waals surface area contributed by atoms with Crippen molar-refractivity contribution in [1.82, 2.24) is 15.5 Å². The lowest BCUT2D eigenvalue weighted by molar-refractivity contribution is -0.135. The molecule has 1 aliphatic rings. The van der Waals surface area contributed by atoms with Gasteiger partial charge < -0.3 is 10.6 Å². The second-order valence-electron chi connectivity index (χ2n) is 7.43. The minimum Gasteiger partial charge on any atom is -0.344 e. The molecule has 1 aliphatic heterocycles. The standard InChI is InChI=1S/C23H27N3O3/c1-4-23(5-2)21(28)26(22(29)25-23)15-19(27)24-20(17-9-7-6-8-10-17)18-13-11-16(3)12-14-18/h6-14,20H,4-5,15H2,1-3H3,(H,24,27)(H,25,29). The molecule has 1 heterocycles. The van der Waals surface area contributed by atoms with Crippen molar-refractivity contribution in [3.05, 3.63) is 71.3 Å². The van der Waals surface area contributed by atoms with Gasteiger partial charge in [-0.25, -0.2) is 4.79 Å². The Kier molecular flexibility index (Phi) is 6.01. The Morgan fingerprint density at radius 1 is 1.00 bits per heavy atom. The second-order valence-corrected chi connectivity index (χ2v) is 7.43. The molecule has 4 amide bonds. The number of hydrogen-bond acceptors (Lipinski definition) is 3. The van der Waals surface area contributed by atoms with Crippen molar-refractivity contribution in [1.29, 1.82) is 0 Å². The number of hydrogen-bond donors (Lipinski definition) is 2. The molecule has 0 aromatic heterocycles. The fourth-order valence-corrected chi connectivity index (χ4v) is 3.66. The molecule has 1 fully saturated rings. The monoisotopic (exact) mass is 393 g/mol. The van der Waals surface area contributed by atoms with Crippen LogP contribution < -0.4 is 10.6 Å². The van der Waals surface area contributed by atoms with Gasteiger partial charge in [0.1, 0.15) is 12.1 Å². The number of nitrogens with one attached hydrogen (secondary N) is 2. The molecule has 1 saturated heterocycles. The normalized spacial score (nSPS) is 16.4. The van der Waals surface area contributed by atoms with Crippen LogP contribution in [0.5, 0.6) is 0 Å². The summed E-state index contributed by atoms with van der Waals surface area (Å²) in [5.41, 5.74) is 2.08. The van der Waals surface area contributed by atoms with Crippen molar-refractivity contribution in [2.75, 3.05) is 6.54 Å². The van der Waals surface area contributed by atoms with Crippen molar-refractivity contribution in [3.8, 4) is 0 Å². The van der Waals surface area contributed by atoms with Gasteiger partial charge in [-0.15, -0.1) is 0 Å². The summed E-state index contributed by atoms with van der Waals surface area (Å²) in [5.74, 6) is -0.722. The Bertz CT molecular complexity index is 889. The Hall–Kier alpha value is -3.15. The van der Waals surface area contributed by atoms with Gasteiger partial charge in [-0.3, -0.25) is 14.5 Å². The van der Waals surface area contributed by atoms with Crippen molar-refractivity contribution in [2.45, 2.75) is 45.2 Å². The van der Waals surface area contributed by atoms with Crippen LogP contribution in [0.25, 0.3) is 0 Å². The molecule has 6 heteroatoms. The maximum Gasteiger partial charge on any atom is 0.325 e. The molecule has 2 aromatic carbocycles. The van der Waals surface area contributed by atoms with Gasteiger partial charge in [0.2, 0.25) is 5.91 Å². The SMILES string of the molecule is CCC1(CC)NC(=O)N(CC(=O)NC(c2ccccc2)c2ccc(C)cc2)C1=O. The first-order valence-electron chi connectivity index (χ1n) is 9.95. The van der Waals surface area contributed by atoms with Gasteiger partial charge in [0.15, 0.2) is 0 Å². The zero-order valence-corrected chi connectivity index (χ0v) is 17.1. The van der Waals surface area contributed by atoms with E-state index in [1.165, 1.54) is 0 Å². The fourth-order valence-electron chi connectivity index (χ4n) is 3.66. The lowest BCUT2D eigenvalue weighted by Crippen LogP contribution is -2.47. The lowest BCUT2D eigenvalue weighted by atomic mass is 9.93. The summed E-state index contributed by atoms with van der Waals surface area (Å²) in [5, 5.41) is 5.74. The van der Waals surface area contributed by atoms with Crippen LogP contribution in [-0.4, -0.2) is 34.8 Å². The van der Waals surface area contributed by atoms with Crippen LogP contribution in [0.2, 0.25) is 0 Å². The molecular formula is C23H27N3O3. The first-order chi connectivity index (χ1) is 13.9. The van der Waals surface area contributed by atoms with E-state index < -0.39 is 11.6 Å². The van der Waals surface area contributed by atoms with E-state index >= 15 is 0 Å². The lowest BCUT2D eigenvalue weighted by Gasteiger charge is -2.24. The zero-order chi connectivity index (χ0) is 21.0. The van der Waals surface area contributed by atoms with Crippen LogP contribution >= 0.6 is 0 Å². The van der Waals surface area contributed by atoms with Crippen LogP contribution in [0, 0.1) is 6.92 Å². The van der Waals surface area contributed by atoms with Gasteiger partial charge in [-0.2, -0.15) is 0 Å². The quantitative estimate of drug-likeness (QED) is 0.709. The number of rotatable bonds is 7. The molecule has 1 atom stereocenters. The largest absolute Gasteiger partial charge is 0.344 e. The van der Waals surface area contributed by atoms with Crippen LogP contribution in [0.15, 0.2) is 54.6 Å². The predicted octanol–water partition coefficient (Wildman–Crippen LogP) is 3.31. The van der Waals surface area contributed by atoms with E-state index in [1.54, 1.807) is 0 Å². The third kappa shape index (κ3) is 4.16. The summed E-state index contributed by atoms with van der Waals surface area (Å²) >= 11 is 0. The maximum absolute atomic E-state index is 12.8. The van der Waals surface area contributed by atoms with Gasteiger partial charge in [0.25, 0.3) is 5.91 Å². The Morgan fingerprint density at radius 2 is 1.59 bits per heavy atom. The Balaban J connectivity index is 1.80. The molecule has 0 spiro atoms. The average molecular weight is 393 g/mol. The van der Waals surface area contributed by atoms with Gasteiger partial charge in [0.05, 0.1) is 6.04 Å². The molecule has 0 aliphatic carbocycles. The van der Waals surface area contributed by atoms with E-state index in [-0.39, 0.29) is 24.4 Å². The fraction of sp³-hybridized carbons (Fsp3) is 0.348. The maximum atomic E-state index is 12.8. The Morgan fingerprint density at radius 3 is 2.14 bits per heavy atom. The van der Waals surface area contributed by atoms with Gasteiger partial charge in [0, 0.05) is 0 Å². The van der Waals surface area contributed by atoms with E-state index in [0.29, 0.717) is 12.8 Å². The number of imide groups is 1. The summed E-state index contributed by atoms with van der Waals surface area (Å²) < 4.78 is 0. The second kappa shape index (κ2) is 8.47. The third-order valence-electron chi connectivity index (χ3n) is 5.60. The summed E-state index contributed by atoms with van der Waals surface area (Å²) in [4.78, 5) is 38.9. The topological polar surface area (TPSA) is 78.5 Å². The molecule has 1 unspecified atom stereocenters. The van der Waals surface area contributed by atoms with E-state index in [4.69, 9.17) is 0 Å². The van der Waals surface area contributed by atoms with Gasteiger partial charge in [-0.1, -0.05) is 74.0 Å². The summed E-state index contributed by atoms with van der Waals surface area (Å²) in [6, 6.07) is 16.7. The molecule has 3 rings (SSSR count). The number of amides is 4. The first kappa shape index (κ1) is 20.6. The van der Waals surface area contributed by atoms with Crippen LogP contribution in [0.3, 0.4) is 0 Å². The molecule has 0 saturated carbocycles. The van der Waals surface area contributed by atoms with E-state index in [1.807, 2.05) is 75.4 Å². The molecule has 29 heavy (non-hydrogen) atoms. The number of urea groups is 1. The molecule has 2 aromatic rings. The predicted molar refractivity (Wildman–Crippen MR) is 111 cm³/mol. The molecular weight excluding hydrogens is 366 g/mol. The number of carbonyl (C=O) groups is 3. The van der Waals surface area contributed by atoms with Crippen molar-refractivity contribution < 1.29 is 14.4 Å². The van der Waals surface area contributed by atoms with Crippen LogP contribution in [-0.2, 0) is 9.59 Å². The first-order valence-corrected chi connectivity index (χ1v) is 9.95. The van der Waals surface area contributed by atoms with Gasteiger partial charge in [-0.05, 0) is 30.9 Å². The molecule has 0 radical (unpaired) electrons. The number of carbonyl (C=O) groups excluding carboxylic acids is 3. The molecule has 0 bridgehead atoms. The van der Waals surface area contributed by atoms with Crippen molar-refractivity contribution in [2.24, 2.45) is 0 Å². The highest BCUT2D eigenvalue weighted by Crippen LogP contribution is 2.26. The van der Waals surface area contributed by atoms with E-state index in [0.717, 1.165) is 21.6 Å². The third-order valence-corrected chi connectivity index (χ3v) is 5.60. The number of aryl methyl sites for hydroxylation is 1. The summed E-state index contributed by atoms with van der Waals surface area (Å²) in [6.07, 6.45) is 0.977. The minimum atomic E-state index is -0.910. The van der Waals surface area contributed by atoms with Crippen molar-refractivity contribution >= 4 is 17.8 Å². The number of nitrogens with zero attached hydrogens (tertiary/aromatic N) is 1. The molecule has 2 N–H and O–H groups in total. The van der Waals surface area contributed by atoms with Crippen LogP contribution in [0.4, 0.5) is 4.79 Å². The van der Waals surface area contributed by atoms with Gasteiger partial charge >= 0.3 is 6.03 Å².